The Morgan fingerprint density at radius 3 is 2.84 bits per heavy atom. The number of fused-ring (bicyclic) bond motifs is 1. The molecule has 0 spiro atoms. The molecule has 0 N–H and O–H groups in total. The van der Waals surface area contributed by atoms with Crippen molar-refractivity contribution in [3.8, 4) is 0 Å². The van der Waals surface area contributed by atoms with Gasteiger partial charge in [0.15, 0.2) is 0 Å². The maximum atomic E-state index is 12.7. The van der Waals surface area contributed by atoms with Crippen LogP contribution in [0.3, 0.4) is 0 Å². The molecule has 25 heavy (non-hydrogen) atoms. The number of likely N-dealkylation sites (tertiary alicyclic amines) is 1. The smallest absolute Gasteiger partial charge is 0.227 e. The lowest BCUT2D eigenvalue weighted by molar-refractivity contribution is -0.130. The highest BCUT2D eigenvalue weighted by molar-refractivity contribution is 5.79. The summed E-state index contributed by atoms with van der Waals surface area (Å²) in [5, 5.41) is 7.98. The van der Waals surface area contributed by atoms with Crippen LogP contribution in [0, 0.1) is 25.7 Å². The fourth-order valence-electron chi connectivity index (χ4n) is 3.94. The number of carbonyl (C=O) groups excluding carboxylic acids is 1. The van der Waals surface area contributed by atoms with Gasteiger partial charge in [-0.05, 0) is 24.0 Å². The van der Waals surface area contributed by atoms with Crippen molar-refractivity contribution in [1.82, 2.24) is 15.1 Å². The Bertz CT molecular complexity index is 773. The molecular formula is C19H23N3O3. The molecule has 2 aliphatic heterocycles. The minimum absolute atomic E-state index is 0.134. The summed E-state index contributed by atoms with van der Waals surface area (Å²) < 4.78 is 11.4. The minimum Gasteiger partial charge on any atom is -0.426 e. The molecule has 3 atom stereocenters. The molecule has 2 fully saturated rings. The molecule has 1 amide bonds. The number of benzene rings is 1. The molecule has 2 saturated heterocycles. The van der Waals surface area contributed by atoms with E-state index in [4.69, 9.17) is 9.15 Å². The van der Waals surface area contributed by atoms with Gasteiger partial charge in [0.05, 0.1) is 19.1 Å². The third kappa shape index (κ3) is 3.31. The highest BCUT2D eigenvalue weighted by Crippen LogP contribution is 2.35. The number of rotatable bonds is 4. The van der Waals surface area contributed by atoms with Crippen molar-refractivity contribution >= 4 is 5.91 Å². The van der Waals surface area contributed by atoms with Crippen LogP contribution >= 0.6 is 0 Å². The predicted octanol–water partition coefficient (Wildman–Crippen LogP) is 1.95. The van der Waals surface area contributed by atoms with Crippen molar-refractivity contribution in [2.45, 2.75) is 32.8 Å². The number of amides is 1. The van der Waals surface area contributed by atoms with Crippen molar-refractivity contribution in [3.05, 3.63) is 47.2 Å². The first-order chi connectivity index (χ1) is 12.1. The topological polar surface area (TPSA) is 68.5 Å². The summed E-state index contributed by atoms with van der Waals surface area (Å²) in [6.07, 6.45) is 1.32. The fraction of sp³-hybridized carbons (Fsp3) is 0.526. The molecule has 1 aromatic carbocycles. The number of ether oxygens (including phenoxy) is 1. The third-order valence-electron chi connectivity index (χ3n) is 5.40. The molecule has 1 aromatic heterocycles. The van der Waals surface area contributed by atoms with E-state index in [1.807, 2.05) is 36.1 Å². The molecule has 0 bridgehead atoms. The summed E-state index contributed by atoms with van der Waals surface area (Å²) in [5.74, 6) is 2.12. The Morgan fingerprint density at radius 2 is 2.08 bits per heavy atom. The molecule has 4 rings (SSSR count). The van der Waals surface area contributed by atoms with E-state index in [1.165, 1.54) is 0 Å². The summed E-state index contributed by atoms with van der Waals surface area (Å²) in [6.45, 7) is 6.00. The lowest BCUT2D eigenvalue weighted by atomic mass is 9.90. The van der Waals surface area contributed by atoms with Crippen molar-refractivity contribution in [2.75, 3.05) is 19.7 Å². The Hall–Kier alpha value is -2.21. The summed E-state index contributed by atoms with van der Waals surface area (Å²) in [4.78, 5) is 14.6. The monoisotopic (exact) mass is 341 g/mol. The van der Waals surface area contributed by atoms with E-state index in [0.717, 1.165) is 24.1 Å². The van der Waals surface area contributed by atoms with Crippen LogP contribution in [0.5, 0.6) is 0 Å². The Balaban J connectivity index is 1.39. The maximum Gasteiger partial charge on any atom is 0.227 e. The Kier molecular flexibility index (Phi) is 4.29. The van der Waals surface area contributed by atoms with Gasteiger partial charge in [0, 0.05) is 32.4 Å². The Morgan fingerprint density at radius 1 is 1.24 bits per heavy atom. The van der Waals surface area contributed by atoms with Gasteiger partial charge in [0.1, 0.15) is 0 Å². The highest BCUT2D eigenvalue weighted by Gasteiger charge is 2.45. The zero-order chi connectivity index (χ0) is 17.4. The lowest BCUT2D eigenvalue weighted by Crippen LogP contribution is -2.32. The van der Waals surface area contributed by atoms with Gasteiger partial charge in [0.2, 0.25) is 17.7 Å². The minimum atomic E-state index is 0.134. The Labute approximate surface area is 147 Å². The van der Waals surface area contributed by atoms with E-state index < -0.39 is 0 Å². The van der Waals surface area contributed by atoms with Crippen molar-refractivity contribution in [1.29, 1.82) is 0 Å². The van der Waals surface area contributed by atoms with Gasteiger partial charge in [0.25, 0.3) is 0 Å². The number of hydrogen-bond donors (Lipinski definition) is 0. The number of hydrogen-bond acceptors (Lipinski definition) is 5. The van der Waals surface area contributed by atoms with Gasteiger partial charge in [-0.15, -0.1) is 10.2 Å². The van der Waals surface area contributed by atoms with Crippen LogP contribution in [0.25, 0.3) is 0 Å². The normalized spacial score (nSPS) is 25.4. The predicted molar refractivity (Wildman–Crippen MR) is 90.9 cm³/mol. The van der Waals surface area contributed by atoms with Gasteiger partial charge in [-0.25, -0.2) is 0 Å². The van der Waals surface area contributed by atoms with Crippen molar-refractivity contribution in [2.24, 2.45) is 11.8 Å². The molecule has 0 unspecified atom stereocenters. The van der Waals surface area contributed by atoms with Crippen LogP contribution in [0.1, 0.15) is 22.9 Å². The van der Waals surface area contributed by atoms with E-state index in [9.17, 15) is 4.79 Å². The number of aromatic nitrogens is 2. The number of nitrogens with zero attached hydrogens (tertiary/aromatic N) is 3. The number of aryl methyl sites for hydroxylation is 2. The molecule has 0 saturated carbocycles. The molecule has 0 radical (unpaired) electrons. The standard InChI is InChI=1S/C19H23N3O3/c1-12-5-3-4-6-14(12)8-19(23)22-9-16-15(11-24-17(16)10-22)7-18-21-20-13(2)25-18/h3-6,15-17H,7-11H2,1-2H3/t15-,16+,17+/m1/s1. The van der Waals surface area contributed by atoms with Gasteiger partial charge in [-0.2, -0.15) is 0 Å². The van der Waals surface area contributed by atoms with Crippen molar-refractivity contribution in [3.63, 3.8) is 0 Å². The van der Waals surface area contributed by atoms with Crippen LogP contribution in [0.2, 0.25) is 0 Å². The number of carbonyl (C=O) groups is 1. The third-order valence-corrected chi connectivity index (χ3v) is 5.40. The van der Waals surface area contributed by atoms with Crippen LogP contribution in [0.4, 0.5) is 0 Å². The molecule has 3 heterocycles. The molecule has 2 aromatic rings. The van der Waals surface area contributed by atoms with Gasteiger partial charge >= 0.3 is 0 Å². The second kappa shape index (κ2) is 6.59. The molecule has 2 aliphatic rings. The van der Waals surface area contributed by atoms with Crippen LogP contribution in [0.15, 0.2) is 28.7 Å². The second-order valence-electron chi connectivity index (χ2n) is 7.12. The molecule has 0 aliphatic carbocycles. The molecule has 132 valence electrons. The summed E-state index contributed by atoms with van der Waals surface area (Å²) in [5.41, 5.74) is 2.26. The van der Waals surface area contributed by atoms with E-state index in [-0.39, 0.29) is 12.0 Å². The average Bonchev–Trinajstić information content (AvgIpc) is 3.27. The van der Waals surface area contributed by atoms with Gasteiger partial charge in [-0.1, -0.05) is 24.3 Å². The second-order valence-corrected chi connectivity index (χ2v) is 7.12. The summed E-state index contributed by atoms with van der Waals surface area (Å²) in [6, 6.07) is 8.06. The maximum absolute atomic E-state index is 12.7. The lowest BCUT2D eigenvalue weighted by Gasteiger charge is -2.19. The van der Waals surface area contributed by atoms with Crippen LogP contribution < -0.4 is 0 Å². The molecule has 6 nitrogen and oxygen atoms in total. The fourth-order valence-corrected chi connectivity index (χ4v) is 3.94. The largest absolute Gasteiger partial charge is 0.426 e. The van der Waals surface area contributed by atoms with Crippen LogP contribution in [-0.2, 0) is 22.4 Å². The zero-order valence-corrected chi connectivity index (χ0v) is 14.6. The first-order valence-electron chi connectivity index (χ1n) is 8.83. The van der Waals surface area contributed by atoms with Gasteiger partial charge < -0.3 is 14.1 Å². The van der Waals surface area contributed by atoms with Crippen molar-refractivity contribution < 1.29 is 13.9 Å². The first-order valence-corrected chi connectivity index (χ1v) is 8.83. The van der Waals surface area contributed by atoms with Crippen LogP contribution in [-0.4, -0.2) is 46.8 Å². The SMILES string of the molecule is Cc1nnc(C[C@@H]2CO[C@H]3CN(C(=O)Cc4ccccc4C)C[C@@H]23)o1. The molecule has 6 heteroatoms. The quantitative estimate of drug-likeness (QED) is 0.850. The summed E-state index contributed by atoms with van der Waals surface area (Å²) >= 11 is 0. The first kappa shape index (κ1) is 16.3. The van der Waals surface area contributed by atoms with E-state index in [0.29, 0.717) is 43.2 Å². The molecular weight excluding hydrogens is 318 g/mol. The average molecular weight is 341 g/mol. The highest BCUT2D eigenvalue weighted by atomic mass is 16.5. The zero-order valence-electron chi connectivity index (χ0n) is 14.6. The van der Waals surface area contributed by atoms with Gasteiger partial charge in [-0.3, -0.25) is 4.79 Å². The van der Waals surface area contributed by atoms with E-state index in [1.54, 1.807) is 6.92 Å². The summed E-state index contributed by atoms with van der Waals surface area (Å²) in [7, 11) is 0. The van der Waals surface area contributed by atoms with E-state index in [2.05, 4.69) is 10.2 Å². The van der Waals surface area contributed by atoms with E-state index >= 15 is 0 Å².